The van der Waals surface area contributed by atoms with Crippen LogP contribution < -0.4 is 0 Å². The number of hydrogen-bond donors (Lipinski definition) is 0. The van der Waals surface area contributed by atoms with Gasteiger partial charge in [0.1, 0.15) is 5.78 Å². The highest BCUT2D eigenvalue weighted by Gasteiger charge is 2.52. The number of nitrogens with zero attached hydrogens (tertiary/aromatic N) is 10. The number of likely N-dealkylation sites (tertiary alicyclic amines) is 1. The molecule has 4 aromatic heterocycles. The summed E-state index contributed by atoms with van der Waals surface area (Å²) in [6.45, 7) is 18.2. The molecule has 18 heteroatoms. The van der Waals surface area contributed by atoms with E-state index in [1.807, 2.05) is 170 Å². The molecule has 5 saturated carbocycles. The molecule has 116 heavy (non-hydrogen) atoms. The topological polar surface area (TPSA) is 256 Å². The lowest BCUT2D eigenvalue weighted by Gasteiger charge is -2.42. The molecule has 3 saturated heterocycles. The summed E-state index contributed by atoms with van der Waals surface area (Å²) in [7, 11) is -2.39. The molecule has 0 bridgehead atoms. The van der Waals surface area contributed by atoms with Gasteiger partial charge < -0.3 is 4.90 Å². The van der Waals surface area contributed by atoms with Gasteiger partial charge in [0.2, 0.25) is 15.9 Å². The van der Waals surface area contributed by atoms with Crippen molar-refractivity contribution in [3.63, 3.8) is 0 Å². The minimum Gasteiger partial charge on any atom is -0.342 e. The average Bonchev–Trinajstić information content (AvgIpc) is 1.61. The van der Waals surface area contributed by atoms with Crippen molar-refractivity contribution in [2.24, 2.45) is 107 Å². The zero-order valence-electron chi connectivity index (χ0n) is 68.1. The summed E-state index contributed by atoms with van der Waals surface area (Å²) < 4.78 is 50.9. The van der Waals surface area contributed by atoms with Gasteiger partial charge in [-0.05, 0) is 205 Å². The number of rotatable bonds is 12. The Morgan fingerprint density at radius 3 is 1.08 bits per heavy atom. The van der Waals surface area contributed by atoms with E-state index in [4.69, 9.17) is 0 Å². The van der Waals surface area contributed by atoms with E-state index < -0.39 is 19.9 Å². The van der Waals surface area contributed by atoms with E-state index in [0.717, 1.165) is 99.4 Å². The first-order valence-electron chi connectivity index (χ1n) is 41.2. The van der Waals surface area contributed by atoms with E-state index in [-0.39, 0.29) is 41.4 Å². The number of pyridine rings is 4. The predicted octanol–water partition coefficient (Wildman–Crippen LogP) is 19.1. The van der Waals surface area contributed by atoms with Crippen molar-refractivity contribution in [3.8, 4) is 68.8 Å². The third kappa shape index (κ3) is 18.5. The first-order chi connectivity index (χ1) is 55.7. The number of allylic oxidation sites excluding steroid dienone is 4. The molecular weight excluding hydrogens is 1480 g/mol. The number of sulfone groups is 1. The van der Waals surface area contributed by atoms with Gasteiger partial charge in [-0.1, -0.05) is 177 Å². The van der Waals surface area contributed by atoms with Gasteiger partial charge in [0.15, 0.2) is 9.84 Å². The minimum atomic E-state index is -3.16. The summed E-state index contributed by atoms with van der Waals surface area (Å²) in [4.78, 5) is 44.6. The summed E-state index contributed by atoms with van der Waals surface area (Å²) in [6.07, 6.45) is 30.8. The number of carbonyl (C=O) groups is 2. The maximum Gasteiger partial charge on any atom is 0.222 e. The molecule has 3 aliphatic heterocycles. The zero-order chi connectivity index (χ0) is 82.3. The highest BCUT2D eigenvalue weighted by Crippen LogP contribution is 2.52. The van der Waals surface area contributed by atoms with Gasteiger partial charge in [0.05, 0.1) is 86.6 Å². The van der Waals surface area contributed by atoms with Crippen LogP contribution in [0.25, 0.3) is 68.8 Å². The van der Waals surface area contributed by atoms with Crippen LogP contribution in [-0.2, 0) is 29.4 Å². The third-order valence-electron chi connectivity index (χ3n) is 27.8. The molecule has 596 valence electrons. The molecule has 16 nitrogen and oxygen atoms in total. The molecule has 8 aliphatic rings. The van der Waals surface area contributed by atoms with Crippen molar-refractivity contribution in [1.82, 2.24) is 29.1 Å². The number of Topliss-reactive ketones (excluding diaryl/α,β-unsaturated/α-hetero) is 1. The Balaban J connectivity index is 0.000000135. The average molecular weight is 1580 g/mol. The van der Waals surface area contributed by atoms with Crippen LogP contribution >= 0.6 is 0 Å². The van der Waals surface area contributed by atoms with E-state index in [9.17, 15) is 47.5 Å². The van der Waals surface area contributed by atoms with Crippen LogP contribution in [-0.4, -0.2) is 101 Å². The maximum absolute atomic E-state index is 12.5. The molecule has 7 heterocycles. The van der Waals surface area contributed by atoms with Crippen molar-refractivity contribution in [2.45, 2.75) is 112 Å². The van der Waals surface area contributed by atoms with E-state index in [1.165, 1.54) is 6.42 Å². The van der Waals surface area contributed by atoms with Crippen molar-refractivity contribution in [2.75, 3.05) is 31.4 Å². The largest absolute Gasteiger partial charge is 0.342 e. The number of benzene rings is 4. The van der Waals surface area contributed by atoms with Crippen molar-refractivity contribution >= 4 is 55.9 Å². The van der Waals surface area contributed by atoms with E-state index in [1.54, 1.807) is 35.9 Å². The molecule has 0 unspecified atom stereocenters. The van der Waals surface area contributed by atoms with Crippen LogP contribution in [0.2, 0.25) is 0 Å². The normalized spacial score (nSPS) is 30.1. The quantitative estimate of drug-likeness (QED) is 0.110. The molecule has 16 rings (SSSR count). The van der Waals surface area contributed by atoms with Crippen molar-refractivity contribution in [3.05, 3.63) is 240 Å². The molecule has 4 aromatic carbocycles. The summed E-state index contributed by atoms with van der Waals surface area (Å²) in [6, 6.07) is 55.5. The number of carbonyl (C=O) groups excluding carboxylic acids is 2. The zero-order valence-corrected chi connectivity index (χ0v) is 69.8. The van der Waals surface area contributed by atoms with E-state index in [2.05, 4.69) is 136 Å². The fourth-order valence-electron chi connectivity index (χ4n) is 20.3. The lowest BCUT2D eigenvalue weighted by atomic mass is 9.64. The van der Waals surface area contributed by atoms with E-state index in [0.29, 0.717) is 135 Å². The minimum absolute atomic E-state index is 0.0914. The predicted molar refractivity (Wildman–Crippen MR) is 460 cm³/mol. The smallest absolute Gasteiger partial charge is 0.222 e. The first-order valence-corrected chi connectivity index (χ1v) is 44.7. The summed E-state index contributed by atoms with van der Waals surface area (Å²) in [5, 5.41) is 37.2. The highest BCUT2D eigenvalue weighted by molar-refractivity contribution is 7.91. The third-order valence-corrected chi connectivity index (χ3v) is 31.6. The lowest BCUT2D eigenvalue weighted by Crippen LogP contribution is -2.43. The Morgan fingerprint density at radius 1 is 0.371 bits per heavy atom. The number of hydrogen-bond acceptors (Lipinski definition) is 14. The van der Waals surface area contributed by atoms with E-state index >= 15 is 0 Å². The molecular formula is C98H106N10O6S2. The van der Waals surface area contributed by atoms with Crippen molar-refractivity contribution in [1.29, 1.82) is 21.0 Å². The van der Waals surface area contributed by atoms with Gasteiger partial charge in [0.25, 0.3) is 0 Å². The summed E-state index contributed by atoms with van der Waals surface area (Å²) in [5.74, 6) is 9.29. The monoisotopic (exact) mass is 1580 g/mol. The van der Waals surface area contributed by atoms with Gasteiger partial charge in [-0.15, -0.1) is 0 Å². The van der Waals surface area contributed by atoms with Crippen LogP contribution in [0.3, 0.4) is 0 Å². The van der Waals surface area contributed by atoms with Crippen LogP contribution in [0.5, 0.6) is 0 Å². The Morgan fingerprint density at radius 2 is 0.707 bits per heavy atom. The van der Waals surface area contributed by atoms with Gasteiger partial charge in [-0.25, -0.2) is 21.1 Å². The molecule has 20 atom stereocenters. The van der Waals surface area contributed by atoms with Crippen LogP contribution in [0.15, 0.2) is 195 Å². The van der Waals surface area contributed by atoms with Crippen LogP contribution in [0, 0.1) is 152 Å². The number of nitriles is 4. The fourth-order valence-corrected chi connectivity index (χ4v) is 24.4. The Kier molecular flexibility index (Phi) is 26.1. The Bertz CT molecular complexity index is 5420. The summed E-state index contributed by atoms with van der Waals surface area (Å²) >= 11 is 0. The van der Waals surface area contributed by atoms with Crippen LogP contribution in [0.4, 0.5) is 0 Å². The van der Waals surface area contributed by atoms with Gasteiger partial charge in [-0.2, -0.15) is 21.0 Å². The number of amides is 1. The molecule has 5 aliphatic carbocycles. The second kappa shape index (κ2) is 36.3. The second-order valence-corrected chi connectivity index (χ2v) is 38.6. The van der Waals surface area contributed by atoms with Gasteiger partial charge >= 0.3 is 0 Å². The second-order valence-electron chi connectivity index (χ2n) is 34.4. The molecule has 8 aromatic rings. The number of aromatic nitrogens is 4. The lowest BCUT2D eigenvalue weighted by molar-refractivity contribution is -0.127. The maximum atomic E-state index is 12.5. The SMILES string of the molecule is C[C@H]1[C@H](/C=C/c2ccc(-c3ccccc3C#N)cn2)[C@H]2CC(=O)C[C@H]2C[C@@H]1C.C[C@H]1[C@H](/C=C/c2ccc(-c3ccccc3C#N)cn2)[C@H]2CC(=O)N(C)[C@H]2C[C@@H]1C.C[C@H]1[C@H](/C=C/c2ccc(-c3ccccc3C#N)cn2)[C@H]2CS(=O)(=O)C[C@H]2C[C@@H]1C.C[C@H]1[C@H](/C=C/c2ccc(-c3ccccc3C#N)cn2)[C@H]2CS(=O)(=O)N(C)[C@H]2C[C@@H]1C. The Hall–Kier alpha value is -10.6. The van der Waals surface area contributed by atoms with Crippen LogP contribution in [0.1, 0.15) is 145 Å². The first kappa shape index (κ1) is 83.3. The highest BCUT2D eigenvalue weighted by atomic mass is 32.2. The van der Waals surface area contributed by atoms with Crippen molar-refractivity contribution < 1.29 is 26.4 Å². The van der Waals surface area contributed by atoms with Gasteiger partial charge in [-0.3, -0.25) is 29.5 Å². The number of ketones is 1. The van der Waals surface area contributed by atoms with Gasteiger partial charge in [0, 0.05) is 115 Å². The molecule has 0 N–H and O–H groups in total. The Labute approximate surface area is 686 Å². The number of sulfonamides is 1. The fraction of sp³-hybridized carbons (Fsp3) is 0.408. The molecule has 1 amide bonds. The number of fused-ring (bicyclic) bond motifs is 4. The summed E-state index contributed by atoms with van der Waals surface area (Å²) in [5.41, 5.74) is 13.4. The molecule has 8 fully saturated rings. The molecule has 0 spiro atoms. The standard InChI is InChI=1S/C25H27N3O.C25H26N2O.C24H27N3O2S.C24H26N2O2S/c1-16-12-24-23(13-25(29)28(24)3)21(17(16)2)11-10-20-9-8-19(15-27-20)22-7-5-4-6-18(22)14-26;1-16-11-20-12-22(28)13-25(20)23(17(16)2)10-9-21-8-7-19(15-27-21)24-6-4-3-5-18(24)14-26;1-16-12-24-23(15-30(28,29)27(24)3)21(17(16)2)11-10-20-9-8-19(14-26-20)22-7-5-4-6-18(22)13-25;1-16-11-20-14-29(27,28)15-24(20)22(17(16)2)10-9-21-8-7-19(13-26-21)23-6-4-3-5-18(23)12-25/h4-11,15-17,21,23-24H,12-13H2,1-3H3;3-10,15-17,20,23,25H,11-13H2,1-2H3;4-11,14,16-17,21,23-24H,12,15H2,1-3H3;3-10,13,16-17,20,22,24H,11,14-15H2,1-2H3/b11-10+;10-9+;11-10+;10-9+/t16-,17+,21-,23+,24-;16-,17+,20+,23-,25-;16-,17+,21-,23+,24-;16-,17+,20+,22-,24-/m0000/s1. The molecule has 0 radical (unpaired) electrons.